The molecule has 0 aromatic heterocycles. The van der Waals surface area contributed by atoms with Crippen molar-refractivity contribution in [1.82, 2.24) is 0 Å². The van der Waals surface area contributed by atoms with E-state index in [-0.39, 0.29) is 5.78 Å². The third-order valence-electron chi connectivity index (χ3n) is 2.75. The molecule has 0 spiro atoms. The maximum absolute atomic E-state index is 11.8. The van der Waals surface area contributed by atoms with Gasteiger partial charge in [0.1, 0.15) is 0 Å². The summed E-state index contributed by atoms with van der Waals surface area (Å²) in [6.07, 6.45) is 0.400. The number of ether oxygens (including phenoxy) is 1. The van der Waals surface area contributed by atoms with Crippen LogP contribution in [0, 0.1) is 0 Å². The van der Waals surface area contributed by atoms with Crippen molar-refractivity contribution in [2.24, 2.45) is 0 Å². The summed E-state index contributed by atoms with van der Waals surface area (Å²) in [6, 6.07) is 16.8. The van der Waals surface area contributed by atoms with Crippen LogP contribution in [0.15, 0.2) is 54.6 Å². The predicted octanol–water partition coefficient (Wildman–Crippen LogP) is 4.13. The standard InChI is InChI=1S/C16H15ClO2/c17-15-8-6-13(7-9-15)12-19-11-10-16(18)14-4-2-1-3-5-14/h1-9H,10-12H2. The molecule has 0 saturated carbocycles. The Labute approximate surface area is 118 Å². The van der Waals surface area contributed by atoms with Crippen molar-refractivity contribution in [3.8, 4) is 0 Å². The number of rotatable bonds is 6. The van der Waals surface area contributed by atoms with Gasteiger partial charge in [0.15, 0.2) is 5.78 Å². The van der Waals surface area contributed by atoms with Crippen molar-refractivity contribution in [3.63, 3.8) is 0 Å². The zero-order valence-corrected chi connectivity index (χ0v) is 11.3. The molecule has 0 aliphatic carbocycles. The third-order valence-corrected chi connectivity index (χ3v) is 3.00. The van der Waals surface area contributed by atoms with Crippen LogP contribution < -0.4 is 0 Å². The molecule has 2 aromatic carbocycles. The molecule has 0 N–H and O–H groups in total. The van der Waals surface area contributed by atoms with Gasteiger partial charge in [0.25, 0.3) is 0 Å². The summed E-state index contributed by atoms with van der Waals surface area (Å²) in [7, 11) is 0. The first-order chi connectivity index (χ1) is 9.25. The molecule has 0 unspecified atom stereocenters. The molecule has 3 heteroatoms. The summed E-state index contributed by atoms with van der Waals surface area (Å²) in [5.74, 6) is 0.108. The molecule has 0 fully saturated rings. The second-order valence-corrected chi connectivity index (χ2v) is 4.65. The Balaban J connectivity index is 1.72. The first-order valence-electron chi connectivity index (χ1n) is 6.16. The number of hydrogen-bond acceptors (Lipinski definition) is 2. The van der Waals surface area contributed by atoms with Crippen LogP contribution in [0.5, 0.6) is 0 Å². The molecule has 0 saturated heterocycles. The van der Waals surface area contributed by atoms with E-state index >= 15 is 0 Å². The Morgan fingerprint density at radius 1 is 1.00 bits per heavy atom. The highest BCUT2D eigenvalue weighted by Gasteiger charge is 2.04. The lowest BCUT2D eigenvalue weighted by atomic mass is 10.1. The topological polar surface area (TPSA) is 26.3 Å². The molecule has 0 aliphatic heterocycles. The van der Waals surface area contributed by atoms with E-state index in [1.807, 2.05) is 54.6 Å². The van der Waals surface area contributed by atoms with Gasteiger partial charge in [0, 0.05) is 17.0 Å². The van der Waals surface area contributed by atoms with E-state index < -0.39 is 0 Å². The molecule has 2 rings (SSSR count). The molecule has 0 bridgehead atoms. The number of carbonyl (C=O) groups is 1. The molecule has 19 heavy (non-hydrogen) atoms. The second-order valence-electron chi connectivity index (χ2n) is 4.22. The fraction of sp³-hybridized carbons (Fsp3) is 0.188. The van der Waals surface area contributed by atoms with Crippen LogP contribution >= 0.6 is 11.6 Å². The minimum absolute atomic E-state index is 0.108. The van der Waals surface area contributed by atoms with E-state index in [9.17, 15) is 4.79 Å². The SMILES string of the molecule is O=C(CCOCc1ccc(Cl)cc1)c1ccccc1. The molecular formula is C16H15ClO2. The Bertz CT molecular complexity index is 520. The molecule has 2 nitrogen and oxygen atoms in total. The van der Waals surface area contributed by atoms with E-state index in [0.717, 1.165) is 11.1 Å². The van der Waals surface area contributed by atoms with Gasteiger partial charge in [-0.05, 0) is 17.7 Å². The quantitative estimate of drug-likeness (QED) is 0.585. The Kier molecular flexibility index (Phi) is 5.13. The molecular weight excluding hydrogens is 260 g/mol. The van der Waals surface area contributed by atoms with Crippen molar-refractivity contribution < 1.29 is 9.53 Å². The van der Waals surface area contributed by atoms with E-state index in [1.54, 1.807) is 0 Å². The van der Waals surface area contributed by atoms with Gasteiger partial charge in [-0.2, -0.15) is 0 Å². The van der Waals surface area contributed by atoms with Crippen molar-refractivity contribution in [1.29, 1.82) is 0 Å². The molecule has 0 radical (unpaired) electrons. The lowest BCUT2D eigenvalue weighted by molar-refractivity contribution is 0.0848. The zero-order chi connectivity index (χ0) is 13.5. The monoisotopic (exact) mass is 274 g/mol. The summed E-state index contributed by atoms with van der Waals surface area (Å²) in [5, 5.41) is 0.711. The first-order valence-corrected chi connectivity index (χ1v) is 6.54. The van der Waals surface area contributed by atoms with Crippen molar-refractivity contribution in [3.05, 3.63) is 70.7 Å². The van der Waals surface area contributed by atoms with Crippen LogP contribution in [-0.4, -0.2) is 12.4 Å². The fourth-order valence-corrected chi connectivity index (χ4v) is 1.83. The summed E-state index contributed by atoms with van der Waals surface area (Å²) in [6.45, 7) is 0.926. The van der Waals surface area contributed by atoms with Crippen molar-refractivity contribution in [2.75, 3.05) is 6.61 Å². The van der Waals surface area contributed by atoms with Gasteiger partial charge in [-0.25, -0.2) is 0 Å². The van der Waals surface area contributed by atoms with Crippen molar-refractivity contribution in [2.45, 2.75) is 13.0 Å². The second kappa shape index (κ2) is 7.07. The highest BCUT2D eigenvalue weighted by atomic mass is 35.5. The van der Waals surface area contributed by atoms with Gasteiger partial charge in [-0.15, -0.1) is 0 Å². The Morgan fingerprint density at radius 3 is 2.37 bits per heavy atom. The van der Waals surface area contributed by atoms with Crippen LogP contribution in [0.3, 0.4) is 0 Å². The predicted molar refractivity (Wildman–Crippen MR) is 76.5 cm³/mol. The average molecular weight is 275 g/mol. The average Bonchev–Trinajstić information content (AvgIpc) is 2.46. The van der Waals surface area contributed by atoms with Gasteiger partial charge in [-0.1, -0.05) is 54.1 Å². The highest BCUT2D eigenvalue weighted by molar-refractivity contribution is 6.30. The molecule has 2 aromatic rings. The number of halogens is 1. The van der Waals surface area contributed by atoms with Crippen LogP contribution in [0.2, 0.25) is 5.02 Å². The minimum atomic E-state index is 0.108. The fourth-order valence-electron chi connectivity index (χ4n) is 1.70. The summed E-state index contributed by atoms with van der Waals surface area (Å²) in [5.41, 5.74) is 1.79. The first kappa shape index (κ1) is 13.8. The Hall–Kier alpha value is -1.64. The maximum atomic E-state index is 11.8. The highest BCUT2D eigenvalue weighted by Crippen LogP contribution is 2.10. The number of hydrogen-bond donors (Lipinski definition) is 0. The van der Waals surface area contributed by atoms with Crippen LogP contribution in [0.25, 0.3) is 0 Å². The maximum Gasteiger partial charge on any atom is 0.165 e. The van der Waals surface area contributed by atoms with E-state index in [1.165, 1.54) is 0 Å². The number of Topliss-reactive ketones (excluding diaryl/α,β-unsaturated/α-hetero) is 1. The molecule has 98 valence electrons. The van der Waals surface area contributed by atoms with Crippen LogP contribution in [0.1, 0.15) is 22.3 Å². The summed E-state index contributed by atoms with van der Waals surface area (Å²) < 4.78 is 5.49. The molecule has 0 heterocycles. The van der Waals surface area contributed by atoms with Crippen LogP contribution in [-0.2, 0) is 11.3 Å². The van der Waals surface area contributed by atoms with Crippen LogP contribution in [0.4, 0.5) is 0 Å². The lowest BCUT2D eigenvalue weighted by Gasteiger charge is -2.04. The number of ketones is 1. The third kappa shape index (κ3) is 4.51. The molecule has 0 amide bonds. The Morgan fingerprint density at radius 2 is 1.68 bits per heavy atom. The lowest BCUT2D eigenvalue weighted by Crippen LogP contribution is -2.04. The number of benzene rings is 2. The van der Waals surface area contributed by atoms with Gasteiger partial charge in [0.05, 0.1) is 13.2 Å². The summed E-state index contributed by atoms with van der Waals surface area (Å²) >= 11 is 5.80. The van der Waals surface area contributed by atoms with E-state index in [2.05, 4.69) is 0 Å². The van der Waals surface area contributed by atoms with E-state index in [4.69, 9.17) is 16.3 Å². The largest absolute Gasteiger partial charge is 0.376 e. The molecule has 0 atom stereocenters. The minimum Gasteiger partial charge on any atom is -0.376 e. The van der Waals surface area contributed by atoms with Gasteiger partial charge in [0.2, 0.25) is 0 Å². The van der Waals surface area contributed by atoms with Gasteiger partial charge < -0.3 is 4.74 Å². The number of carbonyl (C=O) groups excluding carboxylic acids is 1. The smallest absolute Gasteiger partial charge is 0.165 e. The van der Waals surface area contributed by atoms with Crippen molar-refractivity contribution >= 4 is 17.4 Å². The zero-order valence-electron chi connectivity index (χ0n) is 10.5. The summed E-state index contributed by atoms with van der Waals surface area (Å²) in [4.78, 5) is 11.8. The van der Waals surface area contributed by atoms with Gasteiger partial charge >= 0.3 is 0 Å². The van der Waals surface area contributed by atoms with Gasteiger partial charge in [-0.3, -0.25) is 4.79 Å². The van der Waals surface area contributed by atoms with E-state index in [0.29, 0.717) is 24.7 Å². The molecule has 0 aliphatic rings. The normalized spacial score (nSPS) is 10.4.